The first-order valence-corrected chi connectivity index (χ1v) is 16.8. The van der Waals surface area contributed by atoms with E-state index in [1.165, 1.54) is 24.6 Å². The zero-order valence-electron chi connectivity index (χ0n) is 26.2. The van der Waals surface area contributed by atoms with Crippen molar-refractivity contribution in [3.8, 4) is 11.5 Å². The topological polar surface area (TPSA) is 90.3 Å². The number of hydrogen-bond acceptors (Lipinski definition) is 7. The van der Waals surface area contributed by atoms with Gasteiger partial charge in [0.15, 0.2) is 11.5 Å². The van der Waals surface area contributed by atoms with Crippen LogP contribution in [-0.4, -0.2) is 33.9 Å². The summed E-state index contributed by atoms with van der Waals surface area (Å²) in [7, 11) is 0. The second kappa shape index (κ2) is 15.4. The molecule has 1 unspecified atom stereocenters. The van der Waals surface area contributed by atoms with E-state index in [1.54, 1.807) is 4.68 Å². The Kier molecular flexibility index (Phi) is 11.1. The molecule has 236 valence electrons. The average molecular weight is 646 g/mol. The molecule has 1 aliphatic heterocycles. The number of thioether (sulfide) groups is 1. The molecule has 1 atom stereocenters. The fraction of sp³-hybridized carbons (Fsp3) is 0.343. The number of hydrogen-bond donors (Lipinski definition) is 2. The number of amides is 1. The highest BCUT2D eigenvalue weighted by Crippen LogP contribution is 2.40. The molecule has 3 aromatic carbocycles. The van der Waals surface area contributed by atoms with Gasteiger partial charge >= 0.3 is 0 Å². The Hall–Kier alpha value is -3.95. The number of ether oxygens (including phenoxy) is 2. The smallest absolute Gasteiger partial charge is 0.255 e. The monoisotopic (exact) mass is 645 g/mol. The number of benzene rings is 3. The van der Waals surface area contributed by atoms with Crippen molar-refractivity contribution in [1.82, 2.24) is 14.8 Å². The van der Waals surface area contributed by atoms with Crippen LogP contribution in [0.2, 0.25) is 5.02 Å². The molecule has 2 heterocycles. The normalized spacial score (nSPS) is 14.1. The van der Waals surface area contributed by atoms with Crippen molar-refractivity contribution in [2.75, 3.05) is 23.8 Å². The number of para-hydroxylation sites is 1. The molecule has 45 heavy (non-hydrogen) atoms. The summed E-state index contributed by atoms with van der Waals surface area (Å²) < 4.78 is 14.0. The van der Waals surface area contributed by atoms with Gasteiger partial charge in [-0.3, -0.25) is 4.79 Å². The highest BCUT2D eigenvalue weighted by atomic mass is 35.5. The fourth-order valence-corrected chi connectivity index (χ4v) is 6.36. The summed E-state index contributed by atoms with van der Waals surface area (Å²) in [5, 5.41) is 12.6. The summed E-state index contributed by atoms with van der Waals surface area (Å²) in [6, 6.07) is 20.8. The number of unbranched alkanes of at least 4 members (excludes halogenated alkanes) is 3. The maximum Gasteiger partial charge on any atom is 0.255 e. The Morgan fingerprint density at radius 1 is 1.00 bits per heavy atom. The first kappa shape index (κ1) is 32.4. The van der Waals surface area contributed by atoms with E-state index in [4.69, 9.17) is 31.2 Å². The second-order valence-electron chi connectivity index (χ2n) is 10.9. The van der Waals surface area contributed by atoms with Crippen molar-refractivity contribution >= 4 is 40.9 Å². The van der Waals surface area contributed by atoms with Crippen LogP contribution in [0.5, 0.6) is 11.5 Å². The van der Waals surface area contributed by atoms with Crippen LogP contribution in [0.25, 0.3) is 0 Å². The van der Waals surface area contributed by atoms with Crippen LogP contribution in [0.4, 0.5) is 11.6 Å². The number of allylic oxidation sites excluding steroid dienone is 1. The Labute approximate surface area is 274 Å². The summed E-state index contributed by atoms with van der Waals surface area (Å²) in [5.74, 6) is 2.27. The molecule has 5 rings (SSSR count). The summed E-state index contributed by atoms with van der Waals surface area (Å²) >= 11 is 7.90. The maximum atomic E-state index is 14.0. The zero-order valence-corrected chi connectivity index (χ0v) is 27.8. The number of nitrogens with zero attached hydrogens (tertiary/aromatic N) is 3. The standard InChI is InChI=1S/C35H40ClN5O3S/c1-5-7-8-13-20-44-29-19-18-25(21-30(29)43-6-2)32-31(33(42)38-28-17-12-9-14-23(28)3)24(4)37-34-39-35(40-41(32)34)45-22-26-15-10-11-16-27(26)36/h9-12,14-19,21,32H,5-8,13,20,22H2,1-4H3,(H,38,42)(H,37,39,40). The van der Waals surface area contributed by atoms with Crippen molar-refractivity contribution in [1.29, 1.82) is 0 Å². The maximum absolute atomic E-state index is 14.0. The van der Waals surface area contributed by atoms with E-state index in [1.807, 2.05) is 87.5 Å². The van der Waals surface area contributed by atoms with E-state index in [2.05, 4.69) is 17.6 Å². The van der Waals surface area contributed by atoms with Gasteiger partial charge in [-0.05, 0) is 68.1 Å². The summed E-state index contributed by atoms with van der Waals surface area (Å²) in [6.45, 7) is 9.11. The molecule has 0 fully saturated rings. The third-order valence-corrected chi connectivity index (χ3v) is 8.88. The van der Waals surface area contributed by atoms with Gasteiger partial charge in [-0.1, -0.05) is 92.0 Å². The lowest BCUT2D eigenvalue weighted by Gasteiger charge is -2.29. The van der Waals surface area contributed by atoms with Crippen LogP contribution in [-0.2, 0) is 10.5 Å². The predicted molar refractivity (Wildman–Crippen MR) is 183 cm³/mol. The highest BCUT2D eigenvalue weighted by Gasteiger charge is 2.35. The van der Waals surface area contributed by atoms with Crippen molar-refractivity contribution in [2.24, 2.45) is 0 Å². The van der Waals surface area contributed by atoms with Crippen LogP contribution in [0, 0.1) is 6.92 Å². The molecular formula is C35H40ClN5O3S. The quantitative estimate of drug-likeness (QED) is 0.105. The van der Waals surface area contributed by atoms with Crippen molar-refractivity contribution < 1.29 is 14.3 Å². The largest absolute Gasteiger partial charge is 0.490 e. The molecular weight excluding hydrogens is 606 g/mol. The number of carbonyl (C=O) groups excluding carboxylic acids is 1. The second-order valence-corrected chi connectivity index (χ2v) is 12.3. The lowest BCUT2D eigenvalue weighted by atomic mass is 9.94. The zero-order chi connectivity index (χ0) is 31.8. The Morgan fingerprint density at radius 3 is 2.58 bits per heavy atom. The molecule has 8 nitrogen and oxygen atoms in total. The number of carbonyl (C=O) groups is 1. The number of nitrogens with one attached hydrogen (secondary N) is 2. The molecule has 0 aliphatic carbocycles. The molecule has 4 aromatic rings. The van der Waals surface area contributed by atoms with E-state index < -0.39 is 6.04 Å². The predicted octanol–water partition coefficient (Wildman–Crippen LogP) is 8.82. The minimum Gasteiger partial charge on any atom is -0.490 e. The fourth-order valence-electron chi connectivity index (χ4n) is 5.25. The minimum atomic E-state index is -0.565. The van der Waals surface area contributed by atoms with Crippen LogP contribution < -0.4 is 20.1 Å². The third-order valence-electron chi connectivity index (χ3n) is 7.62. The van der Waals surface area contributed by atoms with Gasteiger partial charge in [0.1, 0.15) is 6.04 Å². The molecule has 0 bridgehead atoms. The van der Waals surface area contributed by atoms with Gasteiger partial charge in [0.25, 0.3) is 5.91 Å². The van der Waals surface area contributed by atoms with Crippen LogP contribution in [0.1, 0.15) is 69.2 Å². The number of anilines is 2. The van der Waals surface area contributed by atoms with Gasteiger partial charge in [-0.2, -0.15) is 4.98 Å². The van der Waals surface area contributed by atoms with Gasteiger partial charge in [0.2, 0.25) is 11.1 Å². The number of aryl methyl sites for hydroxylation is 1. The van der Waals surface area contributed by atoms with Gasteiger partial charge in [-0.15, -0.1) is 5.10 Å². The van der Waals surface area contributed by atoms with E-state index in [-0.39, 0.29) is 5.91 Å². The highest BCUT2D eigenvalue weighted by molar-refractivity contribution is 7.98. The Morgan fingerprint density at radius 2 is 1.80 bits per heavy atom. The van der Waals surface area contributed by atoms with Crippen LogP contribution in [0.3, 0.4) is 0 Å². The number of halogens is 1. The molecule has 0 radical (unpaired) electrons. The molecule has 10 heteroatoms. The van der Waals surface area contributed by atoms with Gasteiger partial charge < -0.3 is 20.1 Å². The number of fused-ring (bicyclic) bond motifs is 1. The number of rotatable bonds is 14. The van der Waals surface area contributed by atoms with Gasteiger partial charge in [0, 0.05) is 22.2 Å². The molecule has 1 aliphatic rings. The molecule has 1 aromatic heterocycles. The van der Waals surface area contributed by atoms with Crippen LogP contribution >= 0.6 is 23.4 Å². The Balaban J connectivity index is 1.50. The lowest BCUT2D eigenvalue weighted by Crippen LogP contribution is -2.31. The summed E-state index contributed by atoms with van der Waals surface area (Å²) in [6.07, 6.45) is 4.47. The molecule has 0 spiro atoms. The first-order valence-electron chi connectivity index (χ1n) is 15.5. The van der Waals surface area contributed by atoms with E-state index in [0.29, 0.717) is 57.9 Å². The van der Waals surface area contributed by atoms with Crippen molar-refractivity contribution in [3.05, 3.63) is 99.7 Å². The van der Waals surface area contributed by atoms with E-state index in [9.17, 15) is 4.79 Å². The molecule has 1 amide bonds. The van der Waals surface area contributed by atoms with E-state index >= 15 is 0 Å². The number of aromatic nitrogens is 3. The lowest BCUT2D eigenvalue weighted by molar-refractivity contribution is -0.113. The Bertz CT molecular complexity index is 1670. The molecule has 2 N–H and O–H groups in total. The molecule has 0 saturated heterocycles. The first-order chi connectivity index (χ1) is 21.9. The van der Waals surface area contributed by atoms with E-state index in [0.717, 1.165) is 35.2 Å². The summed E-state index contributed by atoms with van der Waals surface area (Å²) in [4.78, 5) is 18.8. The van der Waals surface area contributed by atoms with Crippen LogP contribution in [0.15, 0.2) is 83.2 Å². The van der Waals surface area contributed by atoms with Gasteiger partial charge in [-0.25, -0.2) is 4.68 Å². The van der Waals surface area contributed by atoms with Crippen molar-refractivity contribution in [2.45, 2.75) is 70.3 Å². The minimum absolute atomic E-state index is 0.222. The summed E-state index contributed by atoms with van der Waals surface area (Å²) in [5.41, 5.74) is 4.80. The molecule has 0 saturated carbocycles. The average Bonchev–Trinajstić information content (AvgIpc) is 3.44. The third kappa shape index (κ3) is 7.83. The van der Waals surface area contributed by atoms with Gasteiger partial charge in [0.05, 0.1) is 18.8 Å². The van der Waals surface area contributed by atoms with Crippen molar-refractivity contribution in [3.63, 3.8) is 0 Å². The SMILES string of the molecule is CCCCCCOc1ccc(C2C(C(=O)Nc3ccccc3C)=C(C)Nc3nc(SCc4ccccc4Cl)nn32)cc1OCC.